The van der Waals surface area contributed by atoms with Gasteiger partial charge < -0.3 is 19.6 Å². The third kappa shape index (κ3) is 10.3. The molecular weight excluding hydrogens is 881 g/mol. The lowest BCUT2D eigenvalue weighted by Crippen LogP contribution is -2.51. The van der Waals surface area contributed by atoms with Crippen molar-refractivity contribution < 1.29 is 43.6 Å². The first-order valence-corrected chi connectivity index (χ1v) is 25.8. The van der Waals surface area contributed by atoms with Crippen molar-refractivity contribution in [1.29, 1.82) is 0 Å². The molecule has 22 heteroatoms. The average molecular weight is 932 g/mol. The number of amides is 2. The van der Waals surface area contributed by atoms with Crippen molar-refractivity contribution in [2.24, 2.45) is 0 Å². The lowest BCUT2D eigenvalue weighted by Gasteiger charge is -2.37. The minimum atomic E-state index is -3.57. The summed E-state index contributed by atoms with van der Waals surface area (Å²) in [6.45, 7) is 7.99. The number of piperazine rings is 3. The van der Waals surface area contributed by atoms with Gasteiger partial charge in [-0.2, -0.15) is 12.9 Å². The second-order valence-electron chi connectivity index (χ2n) is 15.9. The van der Waals surface area contributed by atoms with Crippen LogP contribution in [0.4, 0.5) is 20.2 Å². The molecule has 17 nitrogen and oxygen atoms in total. The van der Waals surface area contributed by atoms with E-state index in [2.05, 4.69) is 21.4 Å². The van der Waals surface area contributed by atoms with E-state index in [1.165, 1.54) is 55.7 Å². The van der Waals surface area contributed by atoms with Gasteiger partial charge in [-0.15, -0.1) is 0 Å². The minimum Gasteiger partial charge on any atom is -0.370 e. The van der Waals surface area contributed by atoms with E-state index >= 15 is 0 Å². The van der Waals surface area contributed by atoms with Crippen LogP contribution in [0.2, 0.25) is 0 Å². The van der Waals surface area contributed by atoms with E-state index in [-0.39, 0.29) is 75.6 Å². The molecule has 4 aliphatic rings. The molecule has 4 saturated heterocycles. The first kappa shape index (κ1) is 46.1. The summed E-state index contributed by atoms with van der Waals surface area (Å²) in [4.78, 5) is 42.8. The van der Waals surface area contributed by atoms with Crippen molar-refractivity contribution in [1.82, 2.24) is 32.7 Å². The van der Waals surface area contributed by atoms with E-state index in [0.717, 1.165) is 49.7 Å². The molecular formula is C41H51F2N9O8S3. The van der Waals surface area contributed by atoms with E-state index in [1.54, 1.807) is 22.1 Å². The normalized spacial score (nSPS) is 18.9. The molecule has 6 heterocycles. The zero-order valence-corrected chi connectivity index (χ0v) is 37.6. The van der Waals surface area contributed by atoms with E-state index in [4.69, 9.17) is 0 Å². The predicted molar refractivity (Wildman–Crippen MR) is 237 cm³/mol. The van der Waals surface area contributed by atoms with Crippen LogP contribution < -0.4 is 9.80 Å². The van der Waals surface area contributed by atoms with E-state index in [0.29, 0.717) is 59.2 Å². The average Bonchev–Trinajstić information content (AvgIpc) is 3.27. The Morgan fingerprint density at radius 3 is 1.32 bits per heavy atom. The summed E-state index contributed by atoms with van der Waals surface area (Å²) in [5.74, 6) is -1.35. The molecule has 0 N–H and O–H groups in total. The van der Waals surface area contributed by atoms with Gasteiger partial charge in [0.1, 0.15) is 11.6 Å². The second-order valence-corrected chi connectivity index (χ2v) is 21.8. The fraction of sp³-hybridized carbons (Fsp3) is 0.463. The molecule has 0 spiro atoms. The van der Waals surface area contributed by atoms with E-state index < -0.39 is 35.9 Å². The number of hydrogen-bond acceptors (Lipinski definition) is 12. The van der Waals surface area contributed by atoms with Crippen LogP contribution in [0.3, 0.4) is 0 Å². The zero-order valence-electron chi connectivity index (χ0n) is 35.2. The summed E-state index contributed by atoms with van der Waals surface area (Å²) in [7, 11) is -10.2. The Morgan fingerprint density at radius 1 is 0.556 bits per heavy atom. The van der Waals surface area contributed by atoms with Gasteiger partial charge in [-0.1, -0.05) is 6.58 Å². The Hall–Kier alpha value is -4.87. The number of rotatable bonds is 8. The molecule has 0 bridgehead atoms. The SMILES string of the molecule is C=CS(=O)(=O)N1CCN(c2c(C(=O)N3CCN(S(C)(=O)=O)CC3)cnc3ccc(F)cc23)CC1.CS(=O)(=O)N1CCN(C(=O)c2cnc3ccc(F)cc3c2N2CCCCC2)CC1. The van der Waals surface area contributed by atoms with Gasteiger partial charge in [-0.25, -0.2) is 34.0 Å². The first-order chi connectivity index (χ1) is 29.9. The highest BCUT2D eigenvalue weighted by molar-refractivity contribution is 7.92. The second kappa shape index (κ2) is 18.7. The van der Waals surface area contributed by atoms with Crippen LogP contribution in [0, 0.1) is 11.6 Å². The molecule has 0 aliphatic carbocycles. The summed E-state index contributed by atoms with van der Waals surface area (Å²) in [6, 6.07) is 8.61. The standard InChI is InChI=1S/C21H26FN5O5S2.C20H25FN4O3S/c1-3-34(31,32)27-12-6-24(7-13-27)20-17-14-16(22)4-5-19(17)23-15-18(20)21(28)25-8-10-26(11-9-25)33(2,29)30;1-29(27,28)25-11-9-24(10-12-25)20(26)17-14-22-18-6-5-15(21)13-16(18)19(17)23-7-3-2-4-8-23/h3-5,14-15H,1,6-13H2,2H3;5-6,13-14H,2-4,7-12H2,1H3. The third-order valence-electron chi connectivity index (χ3n) is 11.9. The smallest absolute Gasteiger partial charge is 0.257 e. The number of carbonyl (C=O) groups is 2. The summed E-state index contributed by atoms with van der Waals surface area (Å²) in [6.07, 6.45) is 8.55. The molecule has 2 amide bonds. The molecule has 340 valence electrons. The highest BCUT2D eigenvalue weighted by atomic mass is 32.2. The van der Waals surface area contributed by atoms with Gasteiger partial charge in [-0.3, -0.25) is 19.6 Å². The number of sulfonamides is 3. The molecule has 2 aromatic heterocycles. The molecule has 0 saturated carbocycles. The predicted octanol–water partition coefficient (Wildman–Crippen LogP) is 2.77. The maximum atomic E-state index is 14.2. The van der Waals surface area contributed by atoms with Crippen LogP contribution >= 0.6 is 0 Å². The maximum absolute atomic E-state index is 14.2. The number of benzene rings is 2. The van der Waals surface area contributed by atoms with E-state index in [9.17, 15) is 43.6 Å². The molecule has 2 aromatic carbocycles. The molecule has 0 unspecified atom stereocenters. The van der Waals surface area contributed by atoms with Crippen molar-refractivity contribution in [2.45, 2.75) is 19.3 Å². The Balaban J connectivity index is 0.000000191. The van der Waals surface area contributed by atoms with Gasteiger partial charge in [0, 0.05) is 120 Å². The number of anilines is 2. The van der Waals surface area contributed by atoms with Crippen LogP contribution in [-0.2, 0) is 30.1 Å². The van der Waals surface area contributed by atoms with Gasteiger partial charge in [0.25, 0.3) is 11.8 Å². The van der Waals surface area contributed by atoms with Crippen LogP contribution in [0.5, 0.6) is 0 Å². The van der Waals surface area contributed by atoms with Gasteiger partial charge in [-0.05, 0) is 55.7 Å². The quantitative estimate of drug-likeness (QED) is 0.252. The molecule has 8 rings (SSSR count). The Bertz CT molecular complexity index is 2730. The lowest BCUT2D eigenvalue weighted by molar-refractivity contribution is 0.0692. The topological polar surface area (TPSA) is 185 Å². The fourth-order valence-electron chi connectivity index (χ4n) is 8.47. The Labute approximate surface area is 366 Å². The van der Waals surface area contributed by atoms with Crippen molar-refractivity contribution in [3.8, 4) is 0 Å². The Kier molecular flexibility index (Phi) is 13.7. The van der Waals surface area contributed by atoms with Crippen molar-refractivity contribution in [3.05, 3.63) is 83.5 Å². The molecule has 63 heavy (non-hydrogen) atoms. The highest BCUT2D eigenvalue weighted by Crippen LogP contribution is 2.35. The molecule has 0 atom stereocenters. The zero-order chi connectivity index (χ0) is 45.3. The summed E-state index contributed by atoms with van der Waals surface area (Å²) < 4.78 is 104. The fourth-order valence-corrected chi connectivity index (χ4v) is 11.0. The van der Waals surface area contributed by atoms with Crippen molar-refractivity contribution in [3.63, 3.8) is 0 Å². The monoisotopic (exact) mass is 931 g/mol. The minimum absolute atomic E-state index is 0.183. The molecule has 4 aliphatic heterocycles. The number of fused-ring (bicyclic) bond motifs is 2. The Morgan fingerprint density at radius 2 is 0.937 bits per heavy atom. The van der Waals surface area contributed by atoms with Gasteiger partial charge >= 0.3 is 0 Å². The summed E-state index contributed by atoms with van der Waals surface area (Å²) in [5.41, 5.74) is 3.13. The van der Waals surface area contributed by atoms with E-state index in [1.807, 2.05) is 4.90 Å². The number of halogens is 2. The highest BCUT2D eigenvalue weighted by Gasteiger charge is 2.33. The third-order valence-corrected chi connectivity index (χ3v) is 16.0. The number of piperidine rings is 1. The van der Waals surface area contributed by atoms with Gasteiger partial charge in [0.15, 0.2) is 0 Å². The largest absolute Gasteiger partial charge is 0.370 e. The van der Waals surface area contributed by atoms with Crippen LogP contribution in [0.15, 0.2) is 60.8 Å². The number of nitrogens with zero attached hydrogens (tertiary/aromatic N) is 9. The van der Waals surface area contributed by atoms with Crippen LogP contribution in [0.1, 0.15) is 40.0 Å². The summed E-state index contributed by atoms with van der Waals surface area (Å²) in [5, 5.41) is 2.01. The molecule has 4 fully saturated rings. The van der Waals surface area contributed by atoms with Crippen LogP contribution in [-0.4, -0.2) is 174 Å². The first-order valence-electron chi connectivity index (χ1n) is 20.6. The number of carbonyl (C=O) groups excluding carboxylic acids is 2. The van der Waals surface area contributed by atoms with Gasteiger partial charge in [0.2, 0.25) is 30.1 Å². The molecule has 0 radical (unpaired) electrons. The molecule has 4 aromatic rings. The van der Waals surface area contributed by atoms with Gasteiger partial charge in [0.05, 0.1) is 46.0 Å². The lowest BCUT2D eigenvalue weighted by atomic mass is 10.0. The maximum Gasteiger partial charge on any atom is 0.257 e. The summed E-state index contributed by atoms with van der Waals surface area (Å²) >= 11 is 0. The number of hydrogen-bond donors (Lipinski definition) is 0. The number of aromatic nitrogens is 2. The van der Waals surface area contributed by atoms with Crippen molar-refractivity contribution >= 4 is 75.1 Å². The van der Waals surface area contributed by atoms with Crippen molar-refractivity contribution in [2.75, 3.05) is 114 Å². The van der Waals surface area contributed by atoms with Crippen LogP contribution in [0.25, 0.3) is 21.8 Å². The number of pyridine rings is 2.